The predicted molar refractivity (Wildman–Crippen MR) is 52.2 cm³/mol. The van der Waals surface area contributed by atoms with Gasteiger partial charge in [-0.05, 0) is 13.8 Å². The van der Waals surface area contributed by atoms with Crippen molar-refractivity contribution in [2.75, 3.05) is 0 Å². The van der Waals surface area contributed by atoms with E-state index in [1.165, 1.54) is 0 Å². The van der Waals surface area contributed by atoms with Gasteiger partial charge in [0.05, 0.1) is 11.8 Å². The van der Waals surface area contributed by atoms with Crippen LogP contribution >= 0.6 is 11.8 Å². The fourth-order valence-corrected chi connectivity index (χ4v) is 3.66. The lowest BCUT2D eigenvalue weighted by Crippen LogP contribution is -2.57. The summed E-state index contributed by atoms with van der Waals surface area (Å²) in [5, 5.41) is 0.154. The van der Waals surface area contributed by atoms with E-state index in [9.17, 15) is 9.59 Å². The molecule has 2 rings (SSSR count). The molecule has 0 N–H and O–H groups in total. The van der Waals surface area contributed by atoms with Crippen LogP contribution in [0.5, 0.6) is 0 Å². The first-order chi connectivity index (χ1) is 6.47. The monoisotopic (exact) mass is 214 g/mol. The fourth-order valence-electron chi connectivity index (χ4n) is 2.04. The molecule has 2 aliphatic heterocycles. The quantitative estimate of drug-likeness (QED) is 0.478. The van der Waals surface area contributed by atoms with Crippen LogP contribution in [0.2, 0.25) is 0 Å². The summed E-state index contributed by atoms with van der Waals surface area (Å²) in [5.41, 5.74) is 0. The third-order valence-corrected chi connectivity index (χ3v) is 4.19. The zero-order valence-electron chi connectivity index (χ0n) is 8.15. The molecular weight excluding hydrogens is 202 g/mol. The van der Waals surface area contributed by atoms with E-state index in [1.54, 1.807) is 16.7 Å². The Bertz CT molecular complexity index is 302. The summed E-state index contributed by atoms with van der Waals surface area (Å²) < 4.78 is 4.20. The lowest BCUT2D eigenvalue weighted by molar-refractivity contribution is -0.158. The molecule has 0 aromatic carbocycles. The molecule has 0 spiro atoms. The van der Waals surface area contributed by atoms with E-state index in [4.69, 9.17) is 0 Å². The van der Waals surface area contributed by atoms with Crippen molar-refractivity contribution in [1.82, 2.24) is 4.90 Å². The van der Waals surface area contributed by atoms with Crippen molar-refractivity contribution < 1.29 is 14.3 Å². The minimum atomic E-state index is -0.476. The van der Waals surface area contributed by atoms with E-state index in [1.807, 2.05) is 13.8 Å². The third kappa shape index (κ3) is 1.15. The van der Waals surface area contributed by atoms with Gasteiger partial charge in [-0.1, -0.05) is 0 Å². The number of rotatable bonds is 1. The zero-order valence-corrected chi connectivity index (χ0v) is 8.97. The molecule has 14 heavy (non-hydrogen) atoms. The highest BCUT2D eigenvalue weighted by Gasteiger charge is 2.58. The van der Waals surface area contributed by atoms with Gasteiger partial charge in [-0.25, -0.2) is 4.79 Å². The van der Waals surface area contributed by atoms with Crippen LogP contribution in [0.3, 0.4) is 0 Å². The lowest BCUT2D eigenvalue weighted by atomic mass is 9.98. The number of esters is 1. The summed E-state index contributed by atoms with van der Waals surface area (Å²) in [7, 11) is 3.11. The molecule has 1 radical (unpaired) electrons. The molecular formula is C9H12NO3S. The minimum Gasteiger partial charge on any atom is -0.460 e. The second kappa shape index (κ2) is 2.89. The number of carbonyl (C=O) groups excluding carboxylic acids is 2. The molecule has 2 heterocycles. The SMILES string of the molecule is [CH2]OC(=O)[C@@H]1N2C(=O)C[C@H]2SC1(C)C. The van der Waals surface area contributed by atoms with Gasteiger partial charge < -0.3 is 9.64 Å². The zero-order chi connectivity index (χ0) is 10.5. The van der Waals surface area contributed by atoms with Crippen LogP contribution in [0.15, 0.2) is 0 Å². The summed E-state index contributed by atoms with van der Waals surface area (Å²) >= 11 is 1.65. The average Bonchev–Trinajstić information content (AvgIpc) is 2.32. The Morgan fingerprint density at radius 3 is 2.86 bits per heavy atom. The fraction of sp³-hybridized carbons (Fsp3) is 0.667. The van der Waals surface area contributed by atoms with Crippen LogP contribution in [-0.2, 0) is 14.3 Å². The summed E-state index contributed by atoms with van der Waals surface area (Å²) in [5.74, 6) is -0.387. The van der Waals surface area contributed by atoms with Gasteiger partial charge in [0.15, 0.2) is 0 Å². The van der Waals surface area contributed by atoms with Crippen LogP contribution < -0.4 is 0 Å². The molecule has 2 saturated heterocycles. The molecule has 5 heteroatoms. The summed E-state index contributed by atoms with van der Waals surface area (Å²) in [6.45, 7) is 3.90. The molecule has 77 valence electrons. The second-order valence-corrected chi connectivity index (χ2v) is 5.88. The number of ether oxygens (including phenoxy) is 1. The highest BCUT2D eigenvalue weighted by Crippen LogP contribution is 2.50. The summed E-state index contributed by atoms with van der Waals surface area (Å²) in [4.78, 5) is 24.4. The van der Waals surface area contributed by atoms with E-state index < -0.39 is 12.0 Å². The first-order valence-corrected chi connectivity index (χ1v) is 5.30. The number of thioether (sulfide) groups is 1. The van der Waals surface area contributed by atoms with Crippen LogP contribution in [0.4, 0.5) is 0 Å². The van der Waals surface area contributed by atoms with E-state index in [0.717, 1.165) is 0 Å². The maximum atomic E-state index is 11.5. The normalized spacial score (nSPS) is 33.6. The van der Waals surface area contributed by atoms with Gasteiger partial charge in [0.1, 0.15) is 13.2 Å². The van der Waals surface area contributed by atoms with Gasteiger partial charge in [0.2, 0.25) is 5.91 Å². The van der Waals surface area contributed by atoms with E-state index in [0.29, 0.717) is 6.42 Å². The van der Waals surface area contributed by atoms with Gasteiger partial charge in [-0.3, -0.25) is 4.79 Å². The lowest BCUT2D eigenvalue weighted by Gasteiger charge is -2.37. The molecule has 0 aromatic heterocycles. The van der Waals surface area contributed by atoms with Gasteiger partial charge in [-0.2, -0.15) is 0 Å². The number of amides is 1. The Balaban J connectivity index is 2.26. The molecule has 1 amide bonds. The number of hydrogen-bond donors (Lipinski definition) is 0. The van der Waals surface area contributed by atoms with E-state index in [-0.39, 0.29) is 16.0 Å². The first-order valence-electron chi connectivity index (χ1n) is 4.42. The van der Waals surface area contributed by atoms with Crippen LogP contribution in [0.25, 0.3) is 0 Å². The van der Waals surface area contributed by atoms with Crippen molar-refractivity contribution in [3.63, 3.8) is 0 Å². The van der Waals surface area contributed by atoms with Gasteiger partial charge >= 0.3 is 5.97 Å². The molecule has 0 bridgehead atoms. The minimum absolute atomic E-state index is 0.0310. The van der Waals surface area contributed by atoms with Crippen molar-refractivity contribution in [2.24, 2.45) is 0 Å². The highest BCUT2D eigenvalue weighted by atomic mass is 32.2. The number of hydrogen-bond acceptors (Lipinski definition) is 4. The highest BCUT2D eigenvalue weighted by molar-refractivity contribution is 8.01. The molecule has 2 fully saturated rings. The smallest absolute Gasteiger partial charge is 0.330 e. The number of nitrogens with zero attached hydrogens (tertiary/aromatic N) is 1. The molecule has 4 nitrogen and oxygen atoms in total. The van der Waals surface area contributed by atoms with Crippen molar-refractivity contribution >= 4 is 23.6 Å². The first kappa shape index (κ1) is 9.83. The Morgan fingerprint density at radius 2 is 2.36 bits per heavy atom. The van der Waals surface area contributed by atoms with Gasteiger partial charge in [0.25, 0.3) is 0 Å². The Hall–Kier alpha value is -0.710. The van der Waals surface area contributed by atoms with Crippen molar-refractivity contribution in [3.8, 4) is 0 Å². The summed E-state index contributed by atoms with van der Waals surface area (Å²) in [6.07, 6.45) is 0.537. The van der Waals surface area contributed by atoms with Crippen LogP contribution in [-0.4, -0.2) is 32.9 Å². The topological polar surface area (TPSA) is 46.6 Å². The largest absolute Gasteiger partial charge is 0.460 e. The number of fused-ring (bicyclic) bond motifs is 1. The Kier molecular flexibility index (Phi) is 2.03. The second-order valence-electron chi connectivity index (χ2n) is 4.05. The van der Waals surface area contributed by atoms with Crippen molar-refractivity contribution in [2.45, 2.75) is 36.4 Å². The molecule has 0 saturated carbocycles. The third-order valence-electron chi connectivity index (χ3n) is 2.69. The van der Waals surface area contributed by atoms with Crippen molar-refractivity contribution in [3.05, 3.63) is 7.11 Å². The van der Waals surface area contributed by atoms with Gasteiger partial charge in [-0.15, -0.1) is 11.8 Å². The molecule has 0 unspecified atom stereocenters. The standard InChI is InChI=1S/C9H12NO3S/c1-9(2)7(8(12)13-3)10-5(11)4-6(10)14-9/h6-7H,3-4H2,1-2H3/t6-,7+/m1/s1. The van der Waals surface area contributed by atoms with Crippen LogP contribution in [0.1, 0.15) is 20.3 Å². The van der Waals surface area contributed by atoms with Gasteiger partial charge in [0, 0.05) is 4.75 Å². The molecule has 2 aliphatic rings. The molecule has 0 aromatic rings. The predicted octanol–water partition coefficient (Wildman–Crippen LogP) is 0.774. The Labute approximate surface area is 87.0 Å². The number of β-lactam (4-membered cyclic amide) rings is 1. The van der Waals surface area contributed by atoms with E-state index >= 15 is 0 Å². The van der Waals surface area contributed by atoms with E-state index in [2.05, 4.69) is 11.8 Å². The summed E-state index contributed by atoms with van der Waals surface area (Å²) in [6, 6.07) is -0.476. The molecule has 2 atom stereocenters. The number of carbonyl (C=O) groups is 2. The Morgan fingerprint density at radius 1 is 1.71 bits per heavy atom. The van der Waals surface area contributed by atoms with Crippen LogP contribution in [0, 0.1) is 7.11 Å². The van der Waals surface area contributed by atoms with Crippen molar-refractivity contribution in [1.29, 1.82) is 0 Å². The maximum Gasteiger partial charge on any atom is 0.330 e. The molecule has 0 aliphatic carbocycles. The maximum absolute atomic E-state index is 11.5. The average molecular weight is 214 g/mol.